The minimum atomic E-state index is -0.779. The van der Waals surface area contributed by atoms with Crippen molar-refractivity contribution in [2.24, 2.45) is 0 Å². The van der Waals surface area contributed by atoms with Gasteiger partial charge in [-0.1, -0.05) is 24.4 Å². The van der Waals surface area contributed by atoms with Crippen molar-refractivity contribution in [3.8, 4) is 5.75 Å². The van der Waals surface area contributed by atoms with E-state index in [4.69, 9.17) is 16.3 Å². The van der Waals surface area contributed by atoms with Crippen LogP contribution < -0.4 is 4.74 Å². The van der Waals surface area contributed by atoms with Gasteiger partial charge in [0, 0.05) is 10.6 Å². The predicted molar refractivity (Wildman–Crippen MR) is 77.8 cm³/mol. The molecule has 0 heterocycles. The van der Waals surface area contributed by atoms with Crippen LogP contribution in [0, 0.1) is 0 Å². The highest BCUT2D eigenvalue weighted by Crippen LogP contribution is 2.50. The van der Waals surface area contributed by atoms with E-state index in [1.54, 1.807) is 7.11 Å². The molecule has 0 aliphatic heterocycles. The molecule has 0 atom stereocenters. The molecule has 3 rings (SSSR count). The van der Waals surface area contributed by atoms with Crippen LogP contribution in [0.1, 0.15) is 55.6 Å². The Morgan fingerprint density at radius 2 is 2.00 bits per heavy atom. The first-order valence-corrected chi connectivity index (χ1v) is 7.57. The van der Waals surface area contributed by atoms with Crippen LogP contribution in [0.4, 0.5) is 0 Å². The second-order valence-corrected chi connectivity index (χ2v) is 6.35. The summed E-state index contributed by atoms with van der Waals surface area (Å²) in [4.78, 5) is 11.8. The lowest BCUT2D eigenvalue weighted by molar-refractivity contribution is -0.143. The van der Waals surface area contributed by atoms with Crippen LogP contribution in [0.15, 0.2) is 12.1 Å². The fourth-order valence-electron chi connectivity index (χ4n) is 3.41. The van der Waals surface area contributed by atoms with E-state index in [9.17, 15) is 9.90 Å². The summed E-state index contributed by atoms with van der Waals surface area (Å²) in [7, 11) is 1.63. The molecule has 1 aromatic rings. The third kappa shape index (κ3) is 2.08. The zero-order valence-electron chi connectivity index (χ0n) is 11.6. The van der Waals surface area contributed by atoms with E-state index in [-0.39, 0.29) is 0 Å². The number of benzene rings is 1. The summed E-state index contributed by atoms with van der Waals surface area (Å²) in [6, 6.07) is 3.76. The van der Waals surface area contributed by atoms with Gasteiger partial charge in [-0.2, -0.15) is 0 Å². The average Bonchev–Trinajstić information content (AvgIpc) is 3.12. The van der Waals surface area contributed by atoms with E-state index in [0.717, 1.165) is 42.6 Å². The third-order valence-corrected chi connectivity index (χ3v) is 5.03. The number of carboxylic acid groups (broad SMARTS) is 1. The number of carboxylic acids is 1. The lowest BCUT2D eigenvalue weighted by Crippen LogP contribution is -2.32. The minimum Gasteiger partial charge on any atom is -0.496 e. The molecule has 0 saturated heterocycles. The highest BCUT2D eigenvalue weighted by atomic mass is 35.5. The zero-order chi connectivity index (χ0) is 14.3. The summed E-state index contributed by atoms with van der Waals surface area (Å²) in [6.07, 6.45) is 5.56. The maximum absolute atomic E-state index is 11.8. The normalized spacial score (nSPS) is 20.9. The molecule has 2 aliphatic carbocycles. The molecule has 20 heavy (non-hydrogen) atoms. The number of hydrogen-bond acceptors (Lipinski definition) is 2. The first kappa shape index (κ1) is 13.7. The standard InChI is InChI=1S/C16H19ClO3/c1-20-13-9-11(8-12(17)14(13)10-4-5-10)16(15(18)19)6-2-3-7-16/h8-10H,2-7H2,1H3,(H,18,19). The summed E-state index contributed by atoms with van der Waals surface area (Å²) in [5, 5.41) is 10.3. The highest BCUT2D eigenvalue weighted by Gasteiger charge is 2.44. The van der Waals surface area contributed by atoms with Gasteiger partial charge < -0.3 is 9.84 Å². The molecule has 2 aliphatic rings. The molecule has 1 aromatic carbocycles. The third-order valence-electron chi connectivity index (χ3n) is 4.72. The molecule has 2 saturated carbocycles. The minimum absolute atomic E-state index is 0.482. The maximum Gasteiger partial charge on any atom is 0.314 e. The molecule has 0 aromatic heterocycles. The van der Waals surface area contributed by atoms with E-state index >= 15 is 0 Å². The first-order chi connectivity index (χ1) is 9.58. The molecular formula is C16H19ClO3. The van der Waals surface area contributed by atoms with E-state index in [0.29, 0.717) is 23.8 Å². The lowest BCUT2D eigenvalue weighted by atomic mass is 9.78. The van der Waals surface area contributed by atoms with E-state index < -0.39 is 11.4 Å². The Labute approximate surface area is 123 Å². The van der Waals surface area contributed by atoms with Gasteiger partial charge in [0.1, 0.15) is 5.75 Å². The summed E-state index contributed by atoms with van der Waals surface area (Å²) in [5.41, 5.74) is 1.07. The molecule has 3 nitrogen and oxygen atoms in total. The topological polar surface area (TPSA) is 46.5 Å². The van der Waals surface area contributed by atoms with Crippen LogP contribution in [0.3, 0.4) is 0 Å². The van der Waals surface area contributed by atoms with Crippen molar-refractivity contribution in [3.05, 3.63) is 28.3 Å². The fraction of sp³-hybridized carbons (Fsp3) is 0.562. The van der Waals surface area contributed by atoms with Crippen LogP contribution in [0.5, 0.6) is 5.75 Å². The number of aliphatic carboxylic acids is 1. The Morgan fingerprint density at radius 1 is 1.35 bits per heavy atom. The van der Waals surface area contributed by atoms with Crippen molar-refractivity contribution in [1.82, 2.24) is 0 Å². The lowest BCUT2D eigenvalue weighted by Gasteiger charge is -2.26. The van der Waals surface area contributed by atoms with Gasteiger partial charge in [0.05, 0.1) is 12.5 Å². The summed E-state index contributed by atoms with van der Waals surface area (Å²) in [6.45, 7) is 0. The Hall–Kier alpha value is -1.22. The molecule has 0 amide bonds. The van der Waals surface area contributed by atoms with E-state index in [1.807, 2.05) is 12.1 Å². The maximum atomic E-state index is 11.8. The Bertz CT molecular complexity index is 543. The second kappa shape index (κ2) is 4.96. The largest absolute Gasteiger partial charge is 0.496 e. The Morgan fingerprint density at radius 3 is 2.50 bits per heavy atom. The highest BCUT2D eigenvalue weighted by molar-refractivity contribution is 6.31. The van der Waals surface area contributed by atoms with Crippen molar-refractivity contribution >= 4 is 17.6 Å². The van der Waals surface area contributed by atoms with Crippen LogP contribution in [0.25, 0.3) is 0 Å². The summed E-state index contributed by atoms with van der Waals surface area (Å²) in [5.74, 6) is 0.491. The quantitative estimate of drug-likeness (QED) is 0.908. The second-order valence-electron chi connectivity index (χ2n) is 5.94. The van der Waals surface area contributed by atoms with Crippen LogP contribution in [-0.4, -0.2) is 18.2 Å². The molecule has 0 unspecified atom stereocenters. The van der Waals surface area contributed by atoms with Crippen LogP contribution >= 0.6 is 11.6 Å². The smallest absolute Gasteiger partial charge is 0.314 e. The SMILES string of the molecule is COc1cc(C2(C(=O)O)CCCC2)cc(Cl)c1C1CC1. The number of carbonyl (C=O) groups is 1. The predicted octanol–water partition coefficient (Wildman–Crippen LogP) is 4.12. The monoisotopic (exact) mass is 294 g/mol. The molecule has 0 bridgehead atoms. The van der Waals surface area contributed by atoms with Gasteiger partial charge >= 0.3 is 5.97 Å². The summed E-state index contributed by atoms with van der Waals surface area (Å²) >= 11 is 6.42. The van der Waals surface area contributed by atoms with Gasteiger partial charge in [-0.05, 0) is 49.3 Å². The molecule has 4 heteroatoms. The van der Waals surface area contributed by atoms with Crippen molar-refractivity contribution in [1.29, 1.82) is 0 Å². The van der Waals surface area contributed by atoms with Gasteiger partial charge in [0.15, 0.2) is 0 Å². The zero-order valence-corrected chi connectivity index (χ0v) is 12.4. The van der Waals surface area contributed by atoms with Crippen LogP contribution in [-0.2, 0) is 10.2 Å². The van der Waals surface area contributed by atoms with Crippen LogP contribution in [0.2, 0.25) is 5.02 Å². The number of ether oxygens (including phenoxy) is 1. The average molecular weight is 295 g/mol. The van der Waals surface area contributed by atoms with Crippen molar-refractivity contribution in [2.75, 3.05) is 7.11 Å². The van der Waals surface area contributed by atoms with Crippen molar-refractivity contribution < 1.29 is 14.6 Å². The van der Waals surface area contributed by atoms with E-state index in [1.165, 1.54) is 0 Å². The molecular weight excluding hydrogens is 276 g/mol. The molecule has 2 fully saturated rings. The van der Waals surface area contributed by atoms with Crippen molar-refractivity contribution in [2.45, 2.75) is 49.9 Å². The van der Waals surface area contributed by atoms with Gasteiger partial charge in [0.25, 0.3) is 0 Å². The van der Waals surface area contributed by atoms with Gasteiger partial charge in [-0.15, -0.1) is 0 Å². The van der Waals surface area contributed by atoms with Gasteiger partial charge in [-0.25, -0.2) is 0 Å². The number of methoxy groups -OCH3 is 1. The molecule has 108 valence electrons. The fourth-order valence-corrected chi connectivity index (χ4v) is 3.78. The molecule has 1 N–H and O–H groups in total. The van der Waals surface area contributed by atoms with Crippen molar-refractivity contribution in [3.63, 3.8) is 0 Å². The Balaban J connectivity index is 2.10. The summed E-state index contributed by atoms with van der Waals surface area (Å²) < 4.78 is 5.48. The number of rotatable bonds is 4. The number of halogens is 1. The molecule has 0 radical (unpaired) electrons. The van der Waals surface area contributed by atoms with Gasteiger partial charge in [0.2, 0.25) is 0 Å². The molecule has 0 spiro atoms. The Kier molecular flexibility index (Phi) is 3.41. The number of hydrogen-bond donors (Lipinski definition) is 1. The van der Waals surface area contributed by atoms with Gasteiger partial charge in [-0.3, -0.25) is 4.79 Å². The van der Waals surface area contributed by atoms with E-state index in [2.05, 4.69) is 0 Å². The first-order valence-electron chi connectivity index (χ1n) is 7.20.